The van der Waals surface area contributed by atoms with Gasteiger partial charge in [0, 0.05) is 18.0 Å². The molecule has 1 heterocycles. The number of nitrogens with one attached hydrogen (secondary N) is 1. The van der Waals surface area contributed by atoms with Crippen LogP contribution in [0.4, 0.5) is 4.39 Å². The van der Waals surface area contributed by atoms with E-state index < -0.39 is 22.1 Å². The van der Waals surface area contributed by atoms with Gasteiger partial charge in [0.05, 0.1) is 5.52 Å². The number of hydrogen-bond acceptors (Lipinski definition) is 4. The van der Waals surface area contributed by atoms with Crippen molar-refractivity contribution >= 4 is 26.8 Å². The molecule has 116 valence electrons. The lowest BCUT2D eigenvalue weighted by molar-refractivity contribution is -0.121. The first-order valence-electron chi connectivity index (χ1n) is 6.99. The Hall–Kier alpha value is -2.02. The molecular weight excluding hydrogens is 307 g/mol. The predicted octanol–water partition coefficient (Wildman–Crippen LogP) is 2.18. The van der Waals surface area contributed by atoms with E-state index in [1.165, 1.54) is 12.3 Å². The zero-order valence-corrected chi connectivity index (χ0v) is 12.5. The van der Waals surface area contributed by atoms with E-state index in [0.717, 1.165) is 0 Å². The Morgan fingerprint density at radius 3 is 2.73 bits per heavy atom. The molecule has 0 radical (unpaired) electrons. The van der Waals surface area contributed by atoms with E-state index in [1.807, 2.05) is 4.72 Å². The molecule has 1 fully saturated rings. The van der Waals surface area contributed by atoms with Crippen LogP contribution >= 0.6 is 0 Å². The molecule has 0 atom stereocenters. The van der Waals surface area contributed by atoms with Crippen molar-refractivity contribution < 1.29 is 17.6 Å². The third kappa shape index (κ3) is 2.94. The normalized spacial score (nSPS) is 21.3. The molecular formula is C15H15FN2O3S. The van der Waals surface area contributed by atoms with Crippen LogP contribution in [-0.2, 0) is 14.8 Å². The van der Waals surface area contributed by atoms with Crippen molar-refractivity contribution in [3.8, 4) is 0 Å². The van der Waals surface area contributed by atoms with Crippen molar-refractivity contribution in [3.63, 3.8) is 0 Å². The molecule has 22 heavy (non-hydrogen) atoms. The summed E-state index contributed by atoms with van der Waals surface area (Å²) in [5.41, 5.74) is 0.317. The van der Waals surface area contributed by atoms with Crippen molar-refractivity contribution in [1.29, 1.82) is 0 Å². The minimum atomic E-state index is -3.99. The highest BCUT2D eigenvalue weighted by Gasteiger charge is 2.31. The highest BCUT2D eigenvalue weighted by molar-refractivity contribution is 7.90. The number of halogens is 1. The van der Waals surface area contributed by atoms with Crippen molar-refractivity contribution in [3.05, 3.63) is 36.5 Å². The summed E-state index contributed by atoms with van der Waals surface area (Å²) in [6.45, 7) is 0. The van der Waals surface area contributed by atoms with Gasteiger partial charge in [-0.05, 0) is 30.9 Å². The third-order valence-electron chi connectivity index (χ3n) is 3.79. The number of carbonyl (C=O) groups excluding carboxylic acids is 1. The average molecular weight is 322 g/mol. The van der Waals surface area contributed by atoms with Crippen LogP contribution in [0.5, 0.6) is 0 Å². The second-order valence-electron chi connectivity index (χ2n) is 5.50. The van der Waals surface area contributed by atoms with Crippen LogP contribution in [0.2, 0.25) is 0 Å². The fraction of sp³-hybridized carbons (Fsp3) is 0.333. The molecule has 7 heteroatoms. The van der Waals surface area contributed by atoms with Crippen molar-refractivity contribution in [2.45, 2.75) is 30.3 Å². The number of alkyl halides is 1. The van der Waals surface area contributed by atoms with Crippen molar-refractivity contribution in [2.24, 2.45) is 5.92 Å². The molecule has 0 aliphatic heterocycles. The van der Waals surface area contributed by atoms with E-state index in [1.54, 1.807) is 24.3 Å². The molecule has 1 aliphatic rings. The molecule has 1 aliphatic carbocycles. The summed E-state index contributed by atoms with van der Waals surface area (Å²) in [5, 5.41) is 0.678. The number of benzene rings is 1. The largest absolute Gasteiger partial charge is 0.274 e. The minimum Gasteiger partial charge on any atom is -0.274 e. The molecule has 1 saturated carbocycles. The molecule has 1 aromatic carbocycles. The first-order valence-corrected chi connectivity index (χ1v) is 8.47. The van der Waals surface area contributed by atoms with Gasteiger partial charge in [0.15, 0.2) is 0 Å². The average Bonchev–Trinajstić information content (AvgIpc) is 2.44. The fourth-order valence-corrected chi connectivity index (χ4v) is 3.80. The number of amides is 1. The van der Waals surface area contributed by atoms with Gasteiger partial charge < -0.3 is 0 Å². The van der Waals surface area contributed by atoms with Gasteiger partial charge in [0.25, 0.3) is 10.0 Å². The molecule has 1 amide bonds. The van der Waals surface area contributed by atoms with Crippen LogP contribution < -0.4 is 4.72 Å². The second kappa shape index (κ2) is 5.64. The molecule has 2 aromatic rings. The van der Waals surface area contributed by atoms with Crippen molar-refractivity contribution in [1.82, 2.24) is 9.71 Å². The number of pyridine rings is 1. The van der Waals surface area contributed by atoms with Crippen LogP contribution in [0.25, 0.3) is 10.9 Å². The predicted molar refractivity (Wildman–Crippen MR) is 79.3 cm³/mol. The number of rotatable bonds is 4. The summed E-state index contributed by atoms with van der Waals surface area (Å²) in [5.74, 6) is -0.680. The van der Waals surface area contributed by atoms with Crippen LogP contribution in [-0.4, -0.2) is 25.5 Å². The third-order valence-corrected chi connectivity index (χ3v) is 5.19. The standard InChI is InChI=1S/C15H15FN2O3S/c16-12-7-10(8-12)9-14(19)18-22(20,21)13-5-1-3-11-4-2-6-17-15(11)13/h1-6,10,12H,7-9H2,(H,18,19). The lowest BCUT2D eigenvalue weighted by Crippen LogP contribution is -2.35. The molecule has 5 nitrogen and oxygen atoms in total. The molecule has 0 unspecified atom stereocenters. The summed E-state index contributed by atoms with van der Waals surface area (Å²) in [6.07, 6.45) is 1.31. The SMILES string of the molecule is O=C(CC1CC(F)C1)NS(=O)(=O)c1cccc2cccnc12. The van der Waals surface area contributed by atoms with Gasteiger partial charge >= 0.3 is 0 Å². The van der Waals surface area contributed by atoms with Gasteiger partial charge in [-0.2, -0.15) is 0 Å². The number of aromatic nitrogens is 1. The van der Waals surface area contributed by atoms with Gasteiger partial charge in [-0.25, -0.2) is 17.5 Å². The molecule has 0 saturated heterocycles. The molecule has 3 rings (SSSR count). The minimum absolute atomic E-state index is 0.0256. The monoisotopic (exact) mass is 322 g/mol. The first-order chi connectivity index (χ1) is 10.5. The van der Waals surface area contributed by atoms with Crippen LogP contribution in [0.3, 0.4) is 0 Å². The molecule has 1 N–H and O–H groups in total. The van der Waals surface area contributed by atoms with Crippen LogP contribution in [0, 0.1) is 5.92 Å². The Balaban J connectivity index is 1.81. The number of hydrogen-bond donors (Lipinski definition) is 1. The summed E-state index contributed by atoms with van der Waals surface area (Å²) in [6, 6.07) is 8.22. The Morgan fingerprint density at radius 2 is 2.00 bits per heavy atom. The molecule has 0 spiro atoms. The van der Waals surface area contributed by atoms with Crippen molar-refractivity contribution in [2.75, 3.05) is 0 Å². The van der Waals surface area contributed by atoms with Gasteiger partial charge in [-0.15, -0.1) is 0 Å². The maximum atomic E-state index is 12.7. The number of para-hydroxylation sites is 1. The smallest absolute Gasteiger partial charge is 0.266 e. The lowest BCUT2D eigenvalue weighted by Gasteiger charge is -2.28. The zero-order chi connectivity index (χ0) is 15.7. The highest BCUT2D eigenvalue weighted by Crippen LogP contribution is 2.32. The van der Waals surface area contributed by atoms with Crippen LogP contribution in [0.1, 0.15) is 19.3 Å². The Labute approximate surface area is 127 Å². The van der Waals surface area contributed by atoms with Gasteiger partial charge in [-0.1, -0.05) is 18.2 Å². The Morgan fingerprint density at radius 1 is 1.27 bits per heavy atom. The van der Waals surface area contributed by atoms with E-state index in [9.17, 15) is 17.6 Å². The summed E-state index contributed by atoms with van der Waals surface area (Å²) in [7, 11) is -3.99. The van der Waals surface area contributed by atoms with Gasteiger partial charge in [0.1, 0.15) is 11.1 Å². The number of nitrogens with zero attached hydrogens (tertiary/aromatic N) is 1. The number of carbonyl (C=O) groups is 1. The van der Waals surface area contributed by atoms with E-state index in [4.69, 9.17) is 0 Å². The number of fused-ring (bicyclic) bond motifs is 1. The maximum absolute atomic E-state index is 12.7. The molecule has 1 aromatic heterocycles. The van der Waals surface area contributed by atoms with E-state index in [-0.39, 0.29) is 17.2 Å². The maximum Gasteiger partial charge on any atom is 0.266 e. The molecule has 0 bridgehead atoms. The quantitative estimate of drug-likeness (QED) is 0.936. The van der Waals surface area contributed by atoms with Gasteiger partial charge in [0.2, 0.25) is 5.91 Å². The second-order valence-corrected chi connectivity index (χ2v) is 7.15. The van der Waals surface area contributed by atoms with Gasteiger partial charge in [-0.3, -0.25) is 9.78 Å². The highest BCUT2D eigenvalue weighted by atomic mass is 32.2. The van der Waals surface area contributed by atoms with E-state index >= 15 is 0 Å². The zero-order valence-electron chi connectivity index (χ0n) is 11.7. The lowest BCUT2D eigenvalue weighted by atomic mass is 9.81. The Bertz CT molecular complexity index is 811. The summed E-state index contributed by atoms with van der Waals surface area (Å²) < 4.78 is 39.5. The van der Waals surface area contributed by atoms with Crippen LogP contribution in [0.15, 0.2) is 41.4 Å². The summed E-state index contributed by atoms with van der Waals surface area (Å²) in [4.78, 5) is 15.9. The number of sulfonamides is 1. The Kier molecular flexibility index (Phi) is 3.82. The fourth-order valence-electron chi connectivity index (χ4n) is 2.62. The first kappa shape index (κ1) is 14.9. The summed E-state index contributed by atoms with van der Waals surface area (Å²) >= 11 is 0. The van der Waals surface area contributed by atoms with E-state index in [0.29, 0.717) is 23.7 Å². The topological polar surface area (TPSA) is 76.1 Å². The van der Waals surface area contributed by atoms with E-state index in [2.05, 4.69) is 4.98 Å².